The van der Waals surface area contributed by atoms with Gasteiger partial charge in [-0.2, -0.15) is 0 Å². The third-order valence-electron chi connectivity index (χ3n) is 12.1. The van der Waals surface area contributed by atoms with Gasteiger partial charge in [-0.15, -0.1) is 0 Å². The Morgan fingerprint density at radius 3 is 1.80 bits per heavy atom. The number of hydrogen-bond acceptors (Lipinski definition) is 1. The first kappa shape index (κ1) is 32.5. The van der Waals surface area contributed by atoms with Crippen LogP contribution in [0.4, 0.5) is 5.69 Å². The summed E-state index contributed by atoms with van der Waals surface area (Å²) in [6.45, 7) is 0. The molecule has 0 amide bonds. The monoisotopic (exact) mass is 716 g/mol. The van der Waals surface area contributed by atoms with E-state index >= 15 is 0 Å². The minimum Gasteiger partial charge on any atom is -0.334 e. The van der Waals surface area contributed by atoms with Gasteiger partial charge >= 0.3 is 0 Å². The molecule has 2 aliphatic carbocycles. The van der Waals surface area contributed by atoms with Crippen LogP contribution in [0.3, 0.4) is 0 Å². The Kier molecular flexibility index (Phi) is 7.81. The Hall–Kier alpha value is -6.90. The lowest BCUT2D eigenvalue weighted by Crippen LogP contribution is -2.33. The molecule has 0 radical (unpaired) electrons. The van der Waals surface area contributed by atoms with E-state index in [0.717, 1.165) is 12.8 Å². The van der Waals surface area contributed by atoms with Gasteiger partial charge in [-0.25, -0.2) is 0 Å². The van der Waals surface area contributed by atoms with Gasteiger partial charge in [-0.05, 0) is 99.3 Å². The van der Waals surface area contributed by atoms with Gasteiger partial charge < -0.3 is 9.47 Å². The van der Waals surface area contributed by atoms with Gasteiger partial charge in [0, 0.05) is 28.3 Å². The topological polar surface area (TPSA) is 8.17 Å². The zero-order valence-corrected chi connectivity index (χ0v) is 31.1. The van der Waals surface area contributed by atoms with Gasteiger partial charge in [0.05, 0.1) is 22.9 Å². The highest BCUT2D eigenvalue weighted by Gasteiger charge is 2.44. The normalized spacial score (nSPS) is 16.9. The maximum atomic E-state index is 2.62. The summed E-state index contributed by atoms with van der Waals surface area (Å²) in [5.41, 5.74) is 19.2. The van der Waals surface area contributed by atoms with E-state index in [4.69, 9.17) is 0 Å². The van der Waals surface area contributed by atoms with Crippen molar-refractivity contribution >= 4 is 22.7 Å². The highest BCUT2D eigenvalue weighted by Crippen LogP contribution is 2.54. The predicted octanol–water partition coefficient (Wildman–Crippen LogP) is 13.9. The van der Waals surface area contributed by atoms with Gasteiger partial charge in [0.2, 0.25) is 0 Å². The maximum absolute atomic E-state index is 2.62. The average Bonchev–Trinajstić information content (AvgIpc) is 3.80. The highest BCUT2D eigenvalue weighted by molar-refractivity contribution is 5.95. The number of anilines is 1. The predicted molar refractivity (Wildman–Crippen MR) is 235 cm³/mol. The summed E-state index contributed by atoms with van der Waals surface area (Å²) in [4.78, 5) is 2.62. The van der Waals surface area contributed by atoms with Crippen molar-refractivity contribution in [3.63, 3.8) is 0 Å². The van der Waals surface area contributed by atoms with E-state index in [-0.39, 0.29) is 12.0 Å². The van der Waals surface area contributed by atoms with E-state index in [1.165, 1.54) is 83.7 Å². The molecule has 1 aliphatic heterocycles. The molecule has 0 N–H and O–H groups in total. The maximum Gasteiger partial charge on any atom is 0.0633 e. The number of nitrogens with zero attached hydrogens (tertiary/aromatic N) is 2. The van der Waals surface area contributed by atoms with E-state index in [1.54, 1.807) is 5.57 Å². The van der Waals surface area contributed by atoms with Gasteiger partial charge in [-0.1, -0.05) is 170 Å². The summed E-state index contributed by atoms with van der Waals surface area (Å²) in [5.74, 6) is 0.257. The third-order valence-corrected chi connectivity index (χ3v) is 12.1. The summed E-state index contributed by atoms with van der Waals surface area (Å²) in [6.07, 6.45) is 11.8. The van der Waals surface area contributed by atoms with Crippen LogP contribution in [-0.4, -0.2) is 10.6 Å². The quantitative estimate of drug-likeness (QED) is 0.166. The molecule has 11 rings (SSSR count). The molecule has 2 nitrogen and oxygen atoms in total. The smallest absolute Gasteiger partial charge is 0.0633 e. The molecule has 7 aromatic carbocycles. The Morgan fingerprint density at radius 2 is 1.07 bits per heavy atom. The average molecular weight is 717 g/mol. The van der Waals surface area contributed by atoms with Crippen molar-refractivity contribution in [3.8, 4) is 50.2 Å². The van der Waals surface area contributed by atoms with E-state index in [2.05, 4.69) is 216 Å². The summed E-state index contributed by atoms with van der Waals surface area (Å²) < 4.78 is 2.53. The van der Waals surface area contributed by atoms with Crippen LogP contribution in [0.5, 0.6) is 0 Å². The summed E-state index contributed by atoms with van der Waals surface area (Å²) in [7, 11) is 0. The first-order chi connectivity index (χ1) is 27.8. The number of fused-ring (bicyclic) bond motifs is 6. The molecular weight excluding hydrogens is 677 g/mol. The van der Waals surface area contributed by atoms with Gasteiger partial charge in [0.15, 0.2) is 0 Å². The van der Waals surface area contributed by atoms with E-state index < -0.39 is 0 Å². The fourth-order valence-corrected chi connectivity index (χ4v) is 9.52. The second kappa shape index (κ2) is 13.4. The highest BCUT2D eigenvalue weighted by atomic mass is 15.2. The Bertz CT molecular complexity index is 2840. The lowest BCUT2D eigenvalue weighted by molar-refractivity contribution is 0.688. The number of benzene rings is 7. The first-order valence-corrected chi connectivity index (χ1v) is 19.8. The van der Waals surface area contributed by atoms with Crippen LogP contribution in [0.25, 0.3) is 67.2 Å². The molecular formula is C54H40N2. The lowest BCUT2D eigenvalue weighted by atomic mass is 9.79. The summed E-state index contributed by atoms with van der Waals surface area (Å²) >= 11 is 0. The molecule has 0 saturated carbocycles. The molecule has 8 aromatic rings. The Labute approximate surface area is 328 Å². The first-order valence-electron chi connectivity index (χ1n) is 19.8. The molecule has 2 heterocycles. The van der Waals surface area contributed by atoms with Crippen LogP contribution in [-0.2, 0) is 0 Å². The van der Waals surface area contributed by atoms with E-state index in [0.29, 0.717) is 0 Å². The second-order valence-electron chi connectivity index (χ2n) is 15.2. The SMILES string of the molecule is C1=CC2=C(CC1)C1c3c(n(-c4ccccc4-c4ccc(-c5ccccc5)cc4)c4ccccc34)C=CC1N2c1cccc(-c2ccc(-c3ccccc3)cc2)c1. The van der Waals surface area contributed by atoms with Gasteiger partial charge in [-0.3, -0.25) is 0 Å². The standard InChI is InChI=1S/C54H40N2/c1-3-14-37(15-4-1)39-26-28-41(29-27-39)43-18-13-19-44(36-43)55-49-24-11-8-21-46(49)53-51(55)34-35-52-54(53)47-22-9-12-25-50(47)56(52)48-23-10-7-20-45(48)42-32-30-40(31-33-42)38-16-5-2-6-17-38/h1-7,9-20,22-36,51,53H,8,21H2. The summed E-state index contributed by atoms with van der Waals surface area (Å²) in [6, 6.07) is 66.6. The van der Waals surface area contributed by atoms with Crippen LogP contribution in [0.15, 0.2) is 211 Å². The molecule has 2 heteroatoms. The number of hydrogen-bond donors (Lipinski definition) is 0. The fourth-order valence-electron chi connectivity index (χ4n) is 9.52. The van der Waals surface area contributed by atoms with Gasteiger partial charge in [0.1, 0.15) is 0 Å². The van der Waals surface area contributed by atoms with Crippen LogP contribution < -0.4 is 4.90 Å². The molecule has 2 unspecified atom stereocenters. The molecule has 3 aliphatic rings. The molecule has 0 fully saturated rings. The van der Waals surface area contributed by atoms with Crippen LogP contribution >= 0.6 is 0 Å². The number of para-hydroxylation sites is 2. The Morgan fingerprint density at radius 1 is 0.482 bits per heavy atom. The van der Waals surface area contributed by atoms with Crippen LogP contribution in [0, 0.1) is 0 Å². The minimum absolute atomic E-state index is 0.186. The van der Waals surface area contributed by atoms with Crippen molar-refractivity contribution in [2.45, 2.75) is 24.8 Å². The number of rotatable bonds is 6. The number of aromatic nitrogens is 1. The molecule has 1 aromatic heterocycles. The molecule has 56 heavy (non-hydrogen) atoms. The van der Waals surface area contributed by atoms with Crippen LogP contribution in [0.1, 0.15) is 30.0 Å². The fraction of sp³-hybridized carbons (Fsp3) is 0.0741. The summed E-state index contributed by atoms with van der Waals surface area (Å²) in [5, 5.41) is 1.34. The molecule has 0 spiro atoms. The van der Waals surface area contributed by atoms with Crippen molar-refractivity contribution in [3.05, 3.63) is 223 Å². The van der Waals surface area contributed by atoms with Crippen molar-refractivity contribution in [2.24, 2.45) is 0 Å². The minimum atomic E-state index is 0.186. The Balaban J connectivity index is 1.01. The molecule has 0 bridgehead atoms. The van der Waals surface area contributed by atoms with Gasteiger partial charge in [0.25, 0.3) is 0 Å². The third kappa shape index (κ3) is 5.33. The van der Waals surface area contributed by atoms with Crippen molar-refractivity contribution in [1.82, 2.24) is 4.57 Å². The molecule has 0 saturated heterocycles. The second-order valence-corrected chi connectivity index (χ2v) is 15.2. The van der Waals surface area contributed by atoms with Crippen molar-refractivity contribution in [1.29, 1.82) is 0 Å². The lowest BCUT2D eigenvalue weighted by Gasteiger charge is -2.33. The molecule has 266 valence electrons. The van der Waals surface area contributed by atoms with E-state index in [1.807, 2.05) is 0 Å². The van der Waals surface area contributed by atoms with Crippen molar-refractivity contribution in [2.75, 3.05) is 4.90 Å². The molecule has 2 atom stereocenters. The largest absolute Gasteiger partial charge is 0.334 e. The zero-order chi connectivity index (χ0) is 37.0. The van der Waals surface area contributed by atoms with Crippen LogP contribution in [0.2, 0.25) is 0 Å². The van der Waals surface area contributed by atoms with E-state index in [9.17, 15) is 0 Å². The number of allylic oxidation sites excluding steroid dienone is 2. The van der Waals surface area contributed by atoms with Crippen molar-refractivity contribution < 1.29 is 0 Å². The zero-order valence-electron chi connectivity index (χ0n) is 31.1.